The van der Waals surface area contributed by atoms with Gasteiger partial charge in [-0.3, -0.25) is 24.1 Å². The van der Waals surface area contributed by atoms with Crippen molar-refractivity contribution >= 4 is 23.6 Å². The summed E-state index contributed by atoms with van der Waals surface area (Å²) in [5, 5.41) is 14.0. The molecule has 1 unspecified atom stereocenters. The van der Waals surface area contributed by atoms with Crippen LogP contribution < -0.4 is 16.4 Å². The van der Waals surface area contributed by atoms with Gasteiger partial charge in [-0.05, 0) is 12.8 Å². The topological polar surface area (TPSA) is 354 Å². The third-order valence-corrected chi connectivity index (χ3v) is 12.0. The third-order valence-electron chi connectivity index (χ3n) is 12.0. The van der Waals surface area contributed by atoms with Crippen LogP contribution in [0.4, 0.5) is 0 Å². The summed E-state index contributed by atoms with van der Waals surface area (Å²) in [6, 6.07) is -0.858. The van der Waals surface area contributed by atoms with Gasteiger partial charge in [0, 0.05) is 38.2 Å². The van der Waals surface area contributed by atoms with Gasteiger partial charge in [-0.25, -0.2) is 0 Å². The Balaban J connectivity index is 1.63. The Bertz CT molecular complexity index is 1620. The Morgan fingerprint density at radius 1 is 0.333 bits per heavy atom. The Labute approximate surface area is 550 Å². The van der Waals surface area contributed by atoms with Crippen LogP contribution in [0.3, 0.4) is 0 Å². The highest BCUT2D eigenvalue weighted by molar-refractivity contribution is 6.12. The monoisotopic (exact) mass is 1350 g/mol. The summed E-state index contributed by atoms with van der Waals surface area (Å²) in [5.41, 5.74) is 5.69. The minimum Gasteiger partial charge on any atom is -0.394 e. The number of rotatable bonds is 80. The van der Waals surface area contributed by atoms with Gasteiger partial charge >= 0.3 is 0 Å². The Kier molecular flexibility index (Phi) is 70.5. The number of unbranched alkanes of at least 4 members (excludes halogenated alkanes) is 2. The summed E-state index contributed by atoms with van der Waals surface area (Å²) < 4.78 is 126. The fourth-order valence-electron chi connectivity index (χ4n) is 7.26. The fourth-order valence-corrected chi connectivity index (χ4v) is 7.26. The van der Waals surface area contributed by atoms with E-state index in [1.807, 2.05) is 0 Å². The number of nitrogens with two attached hydrogens (primary N) is 1. The molecule has 0 bridgehead atoms. The van der Waals surface area contributed by atoms with Crippen LogP contribution in [0.25, 0.3) is 0 Å². The second-order valence-electron chi connectivity index (χ2n) is 19.4. The first kappa shape index (κ1) is 87.8. The molecule has 5 N–H and O–H groups in total. The standard InChI is InChI=1S/C61H116N4O28/c62-56-57(64-58(67)4-2-1-3-8-65-59(68)5-6-60(65)69)61(70)63-7-10-71-12-14-73-16-18-75-20-22-77-24-26-79-28-30-81-32-34-83-36-38-85-40-42-87-44-46-89-48-50-91-52-54-93-55-53-92-51-49-90-47-45-88-43-41-86-39-37-84-35-33-82-31-29-80-27-25-78-23-21-76-19-17-74-15-13-72-11-9-66/h5-6,57,66H,1-4,7-56,62H2,(H,63,70)(H,64,67). The maximum Gasteiger partial charge on any atom is 0.253 e. The molecule has 0 saturated heterocycles. The molecule has 0 aromatic rings. The fraction of sp³-hybridized carbons (Fsp3) is 0.902. The van der Waals surface area contributed by atoms with Crippen LogP contribution in [0.1, 0.15) is 25.7 Å². The van der Waals surface area contributed by atoms with Crippen LogP contribution in [0, 0.1) is 0 Å². The maximum absolute atomic E-state index is 12.4. The number of aliphatic hydroxyl groups is 1. The van der Waals surface area contributed by atoms with E-state index in [1.165, 1.54) is 17.1 Å². The zero-order valence-electron chi connectivity index (χ0n) is 55.4. The second kappa shape index (κ2) is 74.6. The van der Waals surface area contributed by atoms with Crippen LogP contribution in [0.2, 0.25) is 0 Å². The third kappa shape index (κ3) is 65.9. The Hall–Kier alpha value is -3.18. The average Bonchev–Trinajstić information content (AvgIpc) is 2.39. The molecule has 1 atom stereocenters. The van der Waals surface area contributed by atoms with Gasteiger partial charge < -0.3 is 130 Å². The first-order valence-corrected chi connectivity index (χ1v) is 32.7. The number of carbonyl (C=O) groups excluding carboxylic acids is 4. The molecule has 0 aromatic carbocycles. The lowest BCUT2D eigenvalue weighted by Crippen LogP contribution is -2.51. The quantitative estimate of drug-likeness (QED) is 0.0394. The molecule has 1 heterocycles. The van der Waals surface area contributed by atoms with E-state index in [1.54, 1.807) is 0 Å². The summed E-state index contributed by atoms with van der Waals surface area (Å²) in [4.78, 5) is 49.0. The zero-order valence-corrected chi connectivity index (χ0v) is 55.4. The smallest absolute Gasteiger partial charge is 0.253 e. The van der Waals surface area contributed by atoms with Crippen molar-refractivity contribution in [2.75, 3.05) is 330 Å². The van der Waals surface area contributed by atoms with Crippen molar-refractivity contribution in [2.24, 2.45) is 5.73 Å². The number of amides is 4. The van der Waals surface area contributed by atoms with Crippen molar-refractivity contribution in [2.45, 2.75) is 31.7 Å². The summed E-state index contributed by atoms with van der Waals surface area (Å²) in [6.07, 6.45) is 4.48. The molecule has 1 aliphatic rings. The summed E-state index contributed by atoms with van der Waals surface area (Å²) in [6.45, 7) is 21.5. The van der Waals surface area contributed by atoms with Crippen molar-refractivity contribution < 1.29 is 133 Å². The highest BCUT2D eigenvalue weighted by atomic mass is 16.6. The second-order valence-corrected chi connectivity index (χ2v) is 19.4. The van der Waals surface area contributed by atoms with E-state index in [4.69, 9.17) is 120 Å². The predicted molar refractivity (Wildman–Crippen MR) is 334 cm³/mol. The molecule has 4 amide bonds. The van der Waals surface area contributed by atoms with E-state index in [2.05, 4.69) is 10.6 Å². The molecule has 0 aliphatic carbocycles. The molecule has 0 aromatic heterocycles. The first-order chi connectivity index (χ1) is 46.0. The summed E-state index contributed by atoms with van der Waals surface area (Å²) >= 11 is 0. The number of aliphatic hydroxyl groups excluding tert-OH is 1. The lowest BCUT2D eigenvalue weighted by atomic mass is 10.1. The van der Waals surface area contributed by atoms with Gasteiger partial charge in [0.2, 0.25) is 11.8 Å². The highest BCUT2D eigenvalue weighted by Gasteiger charge is 2.23. The number of hydrogen-bond acceptors (Lipinski definition) is 29. The molecule has 93 heavy (non-hydrogen) atoms. The SMILES string of the molecule is NCC(NC(=O)CCCCCN1C(=O)C=CC1=O)C(=O)NCCOCCOCCOCCOCCOCCOCCOCCOCCOCCOCCOCCOCCOCCOCCOCCOCCOCCOCCOCCOCCOCCOCCOCCO. The van der Waals surface area contributed by atoms with Crippen molar-refractivity contribution in [3.8, 4) is 0 Å². The van der Waals surface area contributed by atoms with Crippen LogP contribution in [-0.4, -0.2) is 370 Å². The molecule has 32 heteroatoms. The van der Waals surface area contributed by atoms with E-state index in [0.717, 1.165) is 0 Å². The minimum absolute atomic E-state index is 0.0143. The van der Waals surface area contributed by atoms with Gasteiger partial charge in [-0.1, -0.05) is 6.42 Å². The molecular weight excluding hydrogens is 1240 g/mol. The van der Waals surface area contributed by atoms with E-state index in [-0.39, 0.29) is 50.4 Å². The molecule has 0 spiro atoms. The van der Waals surface area contributed by atoms with Crippen molar-refractivity contribution in [1.29, 1.82) is 0 Å². The number of ether oxygens (including phenoxy) is 23. The lowest BCUT2D eigenvalue weighted by molar-refractivity contribution is -0.137. The highest BCUT2D eigenvalue weighted by Crippen LogP contribution is 2.08. The number of hydrogen-bond donors (Lipinski definition) is 4. The molecule has 0 saturated carbocycles. The van der Waals surface area contributed by atoms with Crippen LogP contribution >= 0.6 is 0 Å². The number of imide groups is 1. The molecule has 0 fully saturated rings. The van der Waals surface area contributed by atoms with Gasteiger partial charge in [0.15, 0.2) is 0 Å². The summed E-state index contributed by atoms with van der Waals surface area (Å²) in [5.74, 6) is -1.34. The van der Waals surface area contributed by atoms with E-state index < -0.39 is 11.9 Å². The van der Waals surface area contributed by atoms with E-state index in [0.29, 0.717) is 323 Å². The maximum atomic E-state index is 12.4. The predicted octanol–water partition coefficient (Wildman–Crippen LogP) is -1.59. The first-order valence-electron chi connectivity index (χ1n) is 32.7. The summed E-state index contributed by atoms with van der Waals surface area (Å²) in [7, 11) is 0. The van der Waals surface area contributed by atoms with Crippen LogP contribution in [-0.2, 0) is 128 Å². The van der Waals surface area contributed by atoms with Gasteiger partial charge in [0.05, 0.1) is 311 Å². The van der Waals surface area contributed by atoms with E-state index >= 15 is 0 Å². The Morgan fingerprint density at radius 2 is 0.548 bits per heavy atom. The van der Waals surface area contributed by atoms with Gasteiger partial charge in [-0.2, -0.15) is 0 Å². The molecule has 1 rings (SSSR count). The number of nitrogens with one attached hydrogen (secondary N) is 2. The van der Waals surface area contributed by atoms with Crippen molar-refractivity contribution in [1.82, 2.24) is 15.5 Å². The molecule has 1 aliphatic heterocycles. The van der Waals surface area contributed by atoms with Crippen LogP contribution in [0.15, 0.2) is 12.2 Å². The lowest BCUT2D eigenvalue weighted by Gasteiger charge is -2.17. The Morgan fingerprint density at radius 3 is 0.763 bits per heavy atom. The molecular formula is C61H116N4O28. The van der Waals surface area contributed by atoms with Gasteiger partial charge in [0.1, 0.15) is 6.04 Å². The van der Waals surface area contributed by atoms with Gasteiger partial charge in [0.25, 0.3) is 11.8 Å². The van der Waals surface area contributed by atoms with Gasteiger partial charge in [-0.15, -0.1) is 0 Å². The molecule has 0 radical (unpaired) electrons. The average molecular weight is 1350 g/mol. The number of carbonyl (C=O) groups is 4. The largest absolute Gasteiger partial charge is 0.394 e. The minimum atomic E-state index is -0.858. The zero-order chi connectivity index (χ0) is 66.7. The van der Waals surface area contributed by atoms with Crippen LogP contribution in [0.5, 0.6) is 0 Å². The number of nitrogens with zero attached hydrogens (tertiary/aromatic N) is 1. The van der Waals surface area contributed by atoms with E-state index in [9.17, 15) is 19.2 Å². The normalized spacial score (nSPS) is 12.7. The molecule has 548 valence electrons. The van der Waals surface area contributed by atoms with Crippen molar-refractivity contribution in [3.63, 3.8) is 0 Å². The molecule has 32 nitrogen and oxygen atoms in total. The van der Waals surface area contributed by atoms with Crippen molar-refractivity contribution in [3.05, 3.63) is 12.2 Å².